The van der Waals surface area contributed by atoms with Crippen LogP contribution in [0.1, 0.15) is 10.6 Å². The number of nitrogens with zero attached hydrogens (tertiary/aromatic N) is 2. The summed E-state index contributed by atoms with van der Waals surface area (Å²) in [5, 5.41) is 5.25. The first kappa shape index (κ1) is 13.5. The Morgan fingerprint density at radius 3 is 2.89 bits per heavy atom. The second-order valence-corrected chi connectivity index (χ2v) is 6.10. The van der Waals surface area contributed by atoms with Gasteiger partial charge in [0.25, 0.3) is 0 Å². The monoisotopic (exact) mass is 325 g/mol. The molecule has 0 spiro atoms. The molecular weight excluding hydrogens is 310 g/mol. The van der Waals surface area contributed by atoms with E-state index in [0.717, 1.165) is 28.9 Å². The van der Waals surface area contributed by atoms with Crippen LogP contribution in [-0.2, 0) is 13.1 Å². The number of rotatable bonds is 5. The van der Waals surface area contributed by atoms with Gasteiger partial charge in [-0.15, -0.1) is 11.3 Å². The number of pyridine rings is 1. The van der Waals surface area contributed by atoms with Gasteiger partial charge in [0.1, 0.15) is 0 Å². The molecule has 2 heterocycles. The SMILES string of the molecule is CNc1ccnc(CN(C)Cc2cc(Br)cs2)c1. The molecule has 2 rings (SSSR count). The molecule has 0 fully saturated rings. The van der Waals surface area contributed by atoms with Gasteiger partial charge in [0.15, 0.2) is 0 Å². The molecule has 0 radical (unpaired) electrons. The summed E-state index contributed by atoms with van der Waals surface area (Å²) < 4.78 is 1.16. The quantitative estimate of drug-likeness (QED) is 0.910. The lowest BCUT2D eigenvalue weighted by Gasteiger charge is -2.15. The molecule has 0 atom stereocenters. The Morgan fingerprint density at radius 2 is 2.22 bits per heavy atom. The highest BCUT2D eigenvalue weighted by Crippen LogP contribution is 2.21. The summed E-state index contributed by atoms with van der Waals surface area (Å²) in [5.74, 6) is 0. The Labute approximate surface area is 120 Å². The zero-order valence-corrected chi connectivity index (χ0v) is 12.9. The van der Waals surface area contributed by atoms with Crippen LogP contribution < -0.4 is 5.32 Å². The molecule has 1 N–H and O–H groups in total. The fraction of sp³-hybridized carbons (Fsp3) is 0.308. The fourth-order valence-electron chi connectivity index (χ4n) is 1.76. The predicted octanol–water partition coefficient (Wildman–Crippen LogP) is 3.58. The summed E-state index contributed by atoms with van der Waals surface area (Å²) in [4.78, 5) is 8.01. The molecule has 0 aliphatic heterocycles. The average molecular weight is 326 g/mol. The van der Waals surface area contributed by atoms with Crippen molar-refractivity contribution in [3.05, 3.63) is 44.8 Å². The second-order valence-electron chi connectivity index (χ2n) is 4.19. The van der Waals surface area contributed by atoms with Crippen molar-refractivity contribution in [1.29, 1.82) is 0 Å². The van der Waals surface area contributed by atoms with Crippen molar-refractivity contribution < 1.29 is 0 Å². The Balaban J connectivity index is 1.96. The van der Waals surface area contributed by atoms with Crippen molar-refractivity contribution in [1.82, 2.24) is 9.88 Å². The van der Waals surface area contributed by atoms with Crippen LogP contribution in [0.5, 0.6) is 0 Å². The fourth-order valence-corrected chi connectivity index (χ4v) is 3.29. The molecule has 0 saturated carbocycles. The number of aromatic nitrogens is 1. The number of hydrogen-bond acceptors (Lipinski definition) is 4. The lowest BCUT2D eigenvalue weighted by Crippen LogP contribution is -2.17. The van der Waals surface area contributed by atoms with Crippen molar-refractivity contribution >= 4 is 33.0 Å². The predicted molar refractivity (Wildman–Crippen MR) is 81.0 cm³/mol. The maximum absolute atomic E-state index is 4.39. The van der Waals surface area contributed by atoms with Crippen molar-refractivity contribution in [3.8, 4) is 0 Å². The highest BCUT2D eigenvalue weighted by atomic mass is 79.9. The van der Waals surface area contributed by atoms with Gasteiger partial charge in [0.05, 0.1) is 5.69 Å². The van der Waals surface area contributed by atoms with Crippen LogP contribution in [0.2, 0.25) is 0 Å². The lowest BCUT2D eigenvalue weighted by atomic mass is 10.3. The molecule has 0 aliphatic rings. The topological polar surface area (TPSA) is 28.2 Å². The number of hydrogen-bond donors (Lipinski definition) is 1. The molecule has 0 saturated heterocycles. The summed E-state index contributed by atoms with van der Waals surface area (Å²) in [7, 11) is 4.04. The van der Waals surface area contributed by atoms with Crippen molar-refractivity contribution in [3.63, 3.8) is 0 Å². The van der Waals surface area contributed by atoms with Crippen LogP contribution in [0.3, 0.4) is 0 Å². The Morgan fingerprint density at radius 1 is 1.39 bits per heavy atom. The normalized spacial score (nSPS) is 10.9. The number of halogens is 1. The first-order chi connectivity index (χ1) is 8.67. The third-order valence-electron chi connectivity index (χ3n) is 2.58. The van der Waals surface area contributed by atoms with E-state index in [1.165, 1.54) is 4.88 Å². The minimum Gasteiger partial charge on any atom is -0.388 e. The Bertz CT molecular complexity index is 512. The smallest absolute Gasteiger partial charge is 0.0564 e. The molecule has 2 aromatic rings. The number of thiophene rings is 1. The van der Waals surface area contributed by atoms with E-state index in [0.29, 0.717) is 0 Å². The van der Waals surface area contributed by atoms with E-state index in [1.807, 2.05) is 19.3 Å². The van der Waals surface area contributed by atoms with E-state index < -0.39 is 0 Å². The highest BCUT2D eigenvalue weighted by Gasteiger charge is 2.05. The zero-order valence-electron chi connectivity index (χ0n) is 10.5. The first-order valence-corrected chi connectivity index (χ1v) is 7.39. The molecule has 18 heavy (non-hydrogen) atoms. The van der Waals surface area contributed by atoms with Gasteiger partial charge in [-0.1, -0.05) is 0 Å². The molecule has 2 aromatic heterocycles. The Kier molecular flexibility index (Phi) is 4.74. The van der Waals surface area contributed by atoms with Crippen LogP contribution in [-0.4, -0.2) is 24.0 Å². The van der Waals surface area contributed by atoms with E-state index in [1.54, 1.807) is 11.3 Å². The summed E-state index contributed by atoms with van der Waals surface area (Å²) in [6.07, 6.45) is 1.84. The molecule has 0 aliphatic carbocycles. The first-order valence-electron chi connectivity index (χ1n) is 5.71. The van der Waals surface area contributed by atoms with Crippen LogP contribution in [0.4, 0.5) is 5.69 Å². The van der Waals surface area contributed by atoms with Gasteiger partial charge in [-0.25, -0.2) is 0 Å². The largest absolute Gasteiger partial charge is 0.388 e. The molecule has 0 aromatic carbocycles. The molecule has 5 heteroatoms. The molecule has 0 bridgehead atoms. The zero-order chi connectivity index (χ0) is 13.0. The minimum absolute atomic E-state index is 0.852. The number of anilines is 1. The van der Waals surface area contributed by atoms with Crippen LogP contribution >= 0.6 is 27.3 Å². The summed E-state index contributed by atoms with van der Waals surface area (Å²) in [6.45, 7) is 1.80. The average Bonchev–Trinajstić information content (AvgIpc) is 2.74. The molecule has 0 unspecified atom stereocenters. The van der Waals surface area contributed by atoms with Crippen molar-refractivity contribution in [2.75, 3.05) is 19.4 Å². The summed E-state index contributed by atoms with van der Waals surface area (Å²) in [6, 6.07) is 6.22. The minimum atomic E-state index is 0.852. The lowest BCUT2D eigenvalue weighted by molar-refractivity contribution is 0.318. The van der Waals surface area contributed by atoms with Crippen molar-refractivity contribution in [2.24, 2.45) is 0 Å². The van der Waals surface area contributed by atoms with E-state index in [-0.39, 0.29) is 0 Å². The second kappa shape index (κ2) is 6.31. The van der Waals surface area contributed by atoms with Gasteiger partial charge in [0, 0.05) is 46.8 Å². The molecule has 96 valence electrons. The van der Waals surface area contributed by atoms with Gasteiger partial charge >= 0.3 is 0 Å². The third-order valence-corrected chi connectivity index (χ3v) is 4.27. The number of nitrogens with one attached hydrogen (secondary N) is 1. The van der Waals surface area contributed by atoms with E-state index in [2.05, 4.69) is 55.7 Å². The van der Waals surface area contributed by atoms with Gasteiger partial charge < -0.3 is 5.32 Å². The summed E-state index contributed by atoms with van der Waals surface area (Å²) in [5.41, 5.74) is 2.19. The van der Waals surface area contributed by atoms with Gasteiger partial charge in [-0.3, -0.25) is 9.88 Å². The van der Waals surface area contributed by atoms with Crippen LogP contribution in [0.25, 0.3) is 0 Å². The van der Waals surface area contributed by atoms with Gasteiger partial charge in [-0.05, 0) is 41.2 Å². The Hall–Kier alpha value is -0.910. The van der Waals surface area contributed by atoms with Gasteiger partial charge in [-0.2, -0.15) is 0 Å². The standard InChI is InChI=1S/C13H16BrN3S/c1-15-11-3-4-16-12(6-11)7-17(2)8-13-5-10(14)9-18-13/h3-6,9H,7-8H2,1-2H3,(H,15,16). The third kappa shape index (κ3) is 3.80. The van der Waals surface area contributed by atoms with Crippen LogP contribution in [0, 0.1) is 0 Å². The molecular formula is C13H16BrN3S. The van der Waals surface area contributed by atoms with E-state index >= 15 is 0 Å². The molecule has 3 nitrogen and oxygen atoms in total. The maximum atomic E-state index is 4.39. The maximum Gasteiger partial charge on any atom is 0.0564 e. The van der Waals surface area contributed by atoms with E-state index in [9.17, 15) is 0 Å². The summed E-state index contributed by atoms with van der Waals surface area (Å²) >= 11 is 5.25. The van der Waals surface area contributed by atoms with Crippen molar-refractivity contribution in [2.45, 2.75) is 13.1 Å². The van der Waals surface area contributed by atoms with E-state index in [4.69, 9.17) is 0 Å². The van der Waals surface area contributed by atoms with Gasteiger partial charge in [0.2, 0.25) is 0 Å². The molecule has 0 amide bonds. The highest BCUT2D eigenvalue weighted by molar-refractivity contribution is 9.10. The van der Waals surface area contributed by atoms with Crippen LogP contribution in [0.15, 0.2) is 34.2 Å².